The van der Waals surface area contributed by atoms with Gasteiger partial charge in [-0.1, -0.05) is 23.7 Å². The SMILES string of the molecule is C[C@@H]1OC(=O)C(=O)N2[C@@H]1CC[C@H]2c1ccc(Cl)cc1. The molecule has 2 heterocycles. The van der Waals surface area contributed by atoms with Crippen molar-refractivity contribution in [2.45, 2.75) is 38.0 Å². The molecule has 3 atom stereocenters. The van der Waals surface area contributed by atoms with Gasteiger partial charge in [0.25, 0.3) is 0 Å². The number of cyclic esters (lactones) is 1. The molecule has 2 aliphatic rings. The van der Waals surface area contributed by atoms with Crippen molar-refractivity contribution in [2.75, 3.05) is 0 Å². The number of nitrogens with zero attached hydrogens (tertiary/aromatic N) is 1. The van der Waals surface area contributed by atoms with Gasteiger partial charge in [0.1, 0.15) is 6.10 Å². The Balaban J connectivity index is 1.93. The maximum atomic E-state index is 12.0. The van der Waals surface area contributed by atoms with E-state index in [1.54, 1.807) is 17.0 Å². The molecule has 3 rings (SSSR count). The van der Waals surface area contributed by atoms with E-state index in [-0.39, 0.29) is 18.2 Å². The molecule has 1 amide bonds. The second-order valence-corrected chi connectivity index (χ2v) is 5.47. The minimum Gasteiger partial charge on any atom is -0.453 e. The van der Waals surface area contributed by atoms with E-state index in [2.05, 4.69) is 0 Å². The average molecular weight is 280 g/mol. The molecule has 0 bridgehead atoms. The summed E-state index contributed by atoms with van der Waals surface area (Å²) in [5, 5.41) is 0.663. The van der Waals surface area contributed by atoms with Gasteiger partial charge in [0, 0.05) is 5.02 Å². The molecule has 4 nitrogen and oxygen atoms in total. The van der Waals surface area contributed by atoms with Gasteiger partial charge in [-0.3, -0.25) is 4.79 Å². The zero-order valence-electron chi connectivity index (χ0n) is 10.5. The van der Waals surface area contributed by atoms with E-state index in [0.29, 0.717) is 5.02 Å². The minimum atomic E-state index is -0.746. The maximum absolute atomic E-state index is 12.0. The molecule has 0 unspecified atom stereocenters. The number of fused-ring (bicyclic) bond motifs is 1. The molecule has 0 radical (unpaired) electrons. The van der Waals surface area contributed by atoms with Crippen LogP contribution in [0.5, 0.6) is 0 Å². The molecular formula is C14H14ClNO3. The summed E-state index contributed by atoms with van der Waals surface area (Å²) in [6.45, 7) is 1.84. The van der Waals surface area contributed by atoms with Gasteiger partial charge in [0.2, 0.25) is 0 Å². The molecule has 0 aromatic heterocycles. The Kier molecular flexibility index (Phi) is 2.97. The Hall–Kier alpha value is -1.55. The van der Waals surface area contributed by atoms with Crippen LogP contribution in [0.3, 0.4) is 0 Å². The van der Waals surface area contributed by atoms with Gasteiger partial charge in [0.05, 0.1) is 12.1 Å². The van der Waals surface area contributed by atoms with Crippen molar-refractivity contribution in [2.24, 2.45) is 0 Å². The number of hydrogen-bond donors (Lipinski definition) is 0. The van der Waals surface area contributed by atoms with Gasteiger partial charge < -0.3 is 9.64 Å². The average Bonchev–Trinajstić information content (AvgIpc) is 2.82. The Labute approximate surface area is 116 Å². The van der Waals surface area contributed by atoms with Crippen LogP contribution in [0.1, 0.15) is 31.4 Å². The Morgan fingerprint density at radius 1 is 1.21 bits per heavy atom. The first-order valence-electron chi connectivity index (χ1n) is 6.36. The third kappa shape index (κ3) is 2.00. The van der Waals surface area contributed by atoms with Crippen LogP contribution in [0.25, 0.3) is 0 Å². The molecule has 5 heteroatoms. The molecule has 1 aromatic rings. The van der Waals surface area contributed by atoms with Crippen molar-refractivity contribution >= 4 is 23.5 Å². The molecule has 0 spiro atoms. The third-order valence-corrected chi connectivity index (χ3v) is 4.18. The number of ether oxygens (including phenoxy) is 1. The number of morpholine rings is 1. The van der Waals surface area contributed by atoms with Crippen LogP contribution in [-0.4, -0.2) is 28.9 Å². The van der Waals surface area contributed by atoms with Crippen molar-refractivity contribution in [1.29, 1.82) is 0 Å². The number of rotatable bonds is 1. The zero-order valence-corrected chi connectivity index (χ0v) is 11.3. The fraction of sp³-hybridized carbons (Fsp3) is 0.429. The van der Waals surface area contributed by atoms with Crippen molar-refractivity contribution in [3.63, 3.8) is 0 Å². The number of benzene rings is 1. The van der Waals surface area contributed by atoms with Crippen LogP contribution in [0.4, 0.5) is 0 Å². The summed E-state index contributed by atoms with van der Waals surface area (Å²) in [5.74, 6) is -1.27. The summed E-state index contributed by atoms with van der Waals surface area (Å²) in [6, 6.07) is 7.37. The fourth-order valence-corrected chi connectivity index (χ4v) is 3.13. The second kappa shape index (κ2) is 4.53. The number of esters is 1. The van der Waals surface area contributed by atoms with Gasteiger partial charge in [-0.15, -0.1) is 0 Å². The zero-order chi connectivity index (χ0) is 13.6. The molecule has 0 N–H and O–H groups in total. The van der Waals surface area contributed by atoms with E-state index in [9.17, 15) is 9.59 Å². The van der Waals surface area contributed by atoms with Crippen molar-refractivity contribution in [3.8, 4) is 0 Å². The van der Waals surface area contributed by atoms with Crippen LogP contribution in [0.2, 0.25) is 5.02 Å². The van der Waals surface area contributed by atoms with E-state index in [0.717, 1.165) is 18.4 Å². The van der Waals surface area contributed by atoms with Crippen LogP contribution < -0.4 is 0 Å². The predicted octanol–water partition coefficient (Wildman–Crippen LogP) is 2.32. The van der Waals surface area contributed by atoms with Gasteiger partial charge in [0.15, 0.2) is 0 Å². The van der Waals surface area contributed by atoms with Crippen LogP contribution >= 0.6 is 11.6 Å². The van der Waals surface area contributed by atoms with Gasteiger partial charge in [-0.25, -0.2) is 4.79 Å². The van der Waals surface area contributed by atoms with Gasteiger partial charge in [-0.2, -0.15) is 0 Å². The standard InChI is InChI=1S/C14H14ClNO3/c1-8-11-6-7-12(9-2-4-10(15)5-3-9)16(11)13(17)14(18)19-8/h2-5,8,11-12H,6-7H2,1H3/t8-,11+,12-/m0/s1. The highest BCUT2D eigenvalue weighted by Crippen LogP contribution is 2.40. The fourth-order valence-electron chi connectivity index (χ4n) is 3.01. The number of hydrogen-bond acceptors (Lipinski definition) is 3. The Morgan fingerprint density at radius 3 is 2.58 bits per heavy atom. The monoisotopic (exact) mass is 279 g/mol. The molecule has 1 aromatic carbocycles. The van der Waals surface area contributed by atoms with Crippen LogP contribution in [0, 0.1) is 0 Å². The summed E-state index contributed by atoms with van der Waals surface area (Å²) in [4.78, 5) is 25.3. The van der Waals surface area contributed by atoms with Crippen LogP contribution in [-0.2, 0) is 14.3 Å². The lowest BCUT2D eigenvalue weighted by atomic mass is 10.0. The largest absolute Gasteiger partial charge is 0.453 e. The number of carbonyl (C=O) groups excluding carboxylic acids is 2. The lowest BCUT2D eigenvalue weighted by Crippen LogP contribution is -2.53. The van der Waals surface area contributed by atoms with Crippen molar-refractivity contribution in [3.05, 3.63) is 34.9 Å². The lowest BCUT2D eigenvalue weighted by Gasteiger charge is -2.36. The number of amides is 1. The molecule has 0 saturated carbocycles. The molecule has 2 saturated heterocycles. The molecular weight excluding hydrogens is 266 g/mol. The molecule has 2 aliphatic heterocycles. The lowest BCUT2D eigenvalue weighted by molar-refractivity contribution is -0.176. The number of carbonyl (C=O) groups is 2. The first kappa shape index (κ1) is 12.5. The van der Waals surface area contributed by atoms with Crippen molar-refractivity contribution < 1.29 is 14.3 Å². The highest BCUT2D eigenvalue weighted by molar-refractivity contribution is 6.33. The first-order chi connectivity index (χ1) is 9.08. The second-order valence-electron chi connectivity index (χ2n) is 5.03. The van der Waals surface area contributed by atoms with E-state index in [4.69, 9.17) is 16.3 Å². The summed E-state index contributed by atoms with van der Waals surface area (Å²) >= 11 is 5.88. The van der Waals surface area contributed by atoms with E-state index in [1.807, 2.05) is 19.1 Å². The van der Waals surface area contributed by atoms with E-state index in [1.165, 1.54) is 0 Å². The number of halogens is 1. The molecule has 2 fully saturated rings. The highest BCUT2D eigenvalue weighted by atomic mass is 35.5. The topological polar surface area (TPSA) is 46.6 Å². The smallest absolute Gasteiger partial charge is 0.397 e. The Morgan fingerprint density at radius 2 is 1.89 bits per heavy atom. The summed E-state index contributed by atoms with van der Waals surface area (Å²) in [6.07, 6.45) is 1.47. The molecule has 100 valence electrons. The van der Waals surface area contributed by atoms with E-state index >= 15 is 0 Å². The van der Waals surface area contributed by atoms with Crippen molar-refractivity contribution in [1.82, 2.24) is 4.90 Å². The third-order valence-electron chi connectivity index (χ3n) is 3.93. The normalized spacial score (nSPS) is 30.2. The maximum Gasteiger partial charge on any atom is 0.397 e. The quantitative estimate of drug-likeness (QED) is 0.585. The Bertz CT molecular complexity index is 528. The van der Waals surface area contributed by atoms with Crippen LogP contribution in [0.15, 0.2) is 24.3 Å². The summed E-state index contributed by atoms with van der Waals surface area (Å²) in [7, 11) is 0. The minimum absolute atomic E-state index is 0.00845. The highest BCUT2D eigenvalue weighted by Gasteiger charge is 2.48. The summed E-state index contributed by atoms with van der Waals surface area (Å²) in [5.41, 5.74) is 1.02. The van der Waals surface area contributed by atoms with Gasteiger partial charge >= 0.3 is 11.9 Å². The van der Waals surface area contributed by atoms with Gasteiger partial charge in [-0.05, 0) is 37.5 Å². The summed E-state index contributed by atoms with van der Waals surface area (Å²) < 4.78 is 5.06. The first-order valence-corrected chi connectivity index (χ1v) is 6.74. The van der Waals surface area contributed by atoms with E-state index < -0.39 is 11.9 Å². The molecule has 0 aliphatic carbocycles. The molecule has 19 heavy (non-hydrogen) atoms. The predicted molar refractivity (Wildman–Crippen MR) is 69.6 cm³/mol.